The molecule has 0 saturated carbocycles. The highest BCUT2D eigenvalue weighted by Gasteiger charge is 2.12. The lowest BCUT2D eigenvalue weighted by atomic mass is 10.0. The number of ether oxygens (including phenoxy) is 1. The second-order valence-corrected chi connectivity index (χ2v) is 4.46. The Bertz CT molecular complexity index is 558. The maximum Gasteiger partial charge on any atom is 0.137 e. The molecule has 0 radical (unpaired) electrons. The van der Waals surface area contributed by atoms with Crippen LogP contribution in [0.4, 0.5) is 0 Å². The van der Waals surface area contributed by atoms with E-state index in [1.54, 1.807) is 7.11 Å². The number of benzene rings is 1. The summed E-state index contributed by atoms with van der Waals surface area (Å²) in [6, 6.07) is 8.06. The van der Waals surface area contributed by atoms with Crippen LogP contribution in [0.3, 0.4) is 0 Å². The Labute approximate surface area is 113 Å². The zero-order chi connectivity index (χ0) is 13.7. The molecule has 3 nitrogen and oxygen atoms in total. The van der Waals surface area contributed by atoms with Crippen molar-refractivity contribution in [3.8, 4) is 17.0 Å². The average molecular weight is 257 g/mol. The van der Waals surface area contributed by atoms with Crippen molar-refractivity contribution in [1.29, 1.82) is 0 Å². The fourth-order valence-electron chi connectivity index (χ4n) is 2.05. The quantitative estimate of drug-likeness (QED) is 0.733. The average Bonchev–Trinajstić information content (AvgIpc) is 2.88. The topological polar surface area (TPSA) is 35.3 Å². The molecule has 0 bridgehead atoms. The summed E-state index contributed by atoms with van der Waals surface area (Å²) >= 11 is 0. The molecule has 0 amide bonds. The Morgan fingerprint density at radius 1 is 1.37 bits per heavy atom. The Balaban J connectivity index is 2.39. The molecule has 0 saturated heterocycles. The van der Waals surface area contributed by atoms with Crippen LogP contribution in [0.15, 0.2) is 41.4 Å². The first kappa shape index (κ1) is 13.4. The number of nitrogens with zero attached hydrogens (tertiary/aromatic N) is 1. The molecule has 3 heteroatoms. The lowest BCUT2D eigenvalue weighted by Crippen LogP contribution is -1.90. The van der Waals surface area contributed by atoms with Crippen LogP contribution in [0, 0.1) is 0 Å². The van der Waals surface area contributed by atoms with Crippen LogP contribution in [-0.4, -0.2) is 12.3 Å². The lowest BCUT2D eigenvalue weighted by Gasteiger charge is -2.07. The number of hydrogen-bond donors (Lipinski definition) is 0. The maximum atomic E-state index is 5.39. The third kappa shape index (κ3) is 3.05. The van der Waals surface area contributed by atoms with Crippen molar-refractivity contribution in [3.63, 3.8) is 0 Å². The predicted molar refractivity (Wildman–Crippen MR) is 76.4 cm³/mol. The molecule has 1 heterocycles. The van der Waals surface area contributed by atoms with Crippen molar-refractivity contribution in [2.24, 2.45) is 0 Å². The summed E-state index contributed by atoms with van der Waals surface area (Å²) in [7, 11) is 1.67. The summed E-state index contributed by atoms with van der Waals surface area (Å²) < 4.78 is 10.7. The molecule has 0 fully saturated rings. The van der Waals surface area contributed by atoms with Gasteiger partial charge in [0.2, 0.25) is 0 Å². The Morgan fingerprint density at radius 2 is 2.21 bits per heavy atom. The second-order valence-electron chi connectivity index (χ2n) is 4.46. The highest BCUT2D eigenvalue weighted by molar-refractivity contribution is 5.68. The Hall–Kier alpha value is -2.03. The molecule has 2 rings (SSSR count). The van der Waals surface area contributed by atoms with Gasteiger partial charge in [-0.2, -0.15) is 0 Å². The number of methoxy groups -OCH3 is 1. The summed E-state index contributed by atoms with van der Waals surface area (Å²) in [6.07, 6.45) is 4.66. The van der Waals surface area contributed by atoms with Crippen molar-refractivity contribution in [3.05, 3.63) is 48.2 Å². The van der Waals surface area contributed by atoms with Crippen molar-refractivity contribution >= 4 is 0 Å². The molecule has 0 aliphatic carbocycles. The zero-order valence-electron chi connectivity index (χ0n) is 11.5. The van der Waals surface area contributed by atoms with Crippen molar-refractivity contribution in [2.75, 3.05) is 7.11 Å². The molecule has 1 aromatic carbocycles. The van der Waals surface area contributed by atoms with Gasteiger partial charge in [-0.05, 0) is 30.5 Å². The van der Waals surface area contributed by atoms with E-state index in [1.165, 1.54) is 5.56 Å². The van der Waals surface area contributed by atoms with Gasteiger partial charge >= 0.3 is 0 Å². The van der Waals surface area contributed by atoms with E-state index < -0.39 is 0 Å². The molecule has 19 heavy (non-hydrogen) atoms. The third-order valence-electron chi connectivity index (χ3n) is 2.98. The van der Waals surface area contributed by atoms with Crippen LogP contribution in [0.1, 0.15) is 24.7 Å². The van der Waals surface area contributed by atoms with E-state index in [4.69, 9.17) is 9.26 Å². The number of hydrogen-bond acceptors (Lipinski definition) is 3. The van der Waals surface area contributed by atoms with E-state index in [0.717, 1.165) is 42.0 Å². The summed E-state index contributed by atoms with van der Waals surface area (Å²) in [5.41, 5.74) is 2.98. The molecular formula is C16H19NO2. The summed E-state index contributed by atoms with van der Waals surface area (Å²) in [4.78, 5) is 0. The molecular weight excluding hydrogens is 238 g/mol. The van der Waals surface area contributed by atoms with Gasteiger partial charge in [-0.3, -0.25) is 0 Å². The highest BCUT2D eigenvalue weighted by Crippen LogP contribution is 2.31. The van der Waals surface area contributed by atoms with Crippen LogP contribution in [0.25, 0.3) is 11.3 Å². The highest BCUT2D eigenvalue weighted by atomic mass is 16.5. The number of allylic oxidation sites excluding steroid dienone is 1. The first-order valence-electron chi connectivity index (χ1n) is 6.52. The largest absolute Gasteiger partial charge is 0.496 e. The zero-order valence-corrected chi connectivity index (χ0v) is 11.5. The van der Waals surface area contributed by atoms with Gasteiger partial charge < -0.3 is 9.26 Å². The Morgan fingerprint density at radius 3 is 2.89 bits per heavy atom. The van der Waals surface area contributed by atoms with Gasteiger partial charge in [0.1, 0.15) is 17.2 Å². The van der Waals surface area contributed by atoms with Crippen LogP contribution >= 0.6 is 0 Å². The van der Waals surface area contributed by atoms with E-state index in [2.05, 4.69) is 24.7 Å². The minimum absolute atomic E-state index is 0.809. The van der Waals surface area contributed by atoms with Crippen molar-refractivity contribution in [2.45, 2.75) is 26.2 Å². The molecule has 2 aromatic rings. The molecule has 0 aliphatic heterocycles. The molecule has 1 aromatic heterocycles. The third-order valence-corrected chi connectivity index (χ3v) is 2.98. The first-order chi connectivity index (χ1) is 9.28. The molecule has 0 atom stereocenters. The van der Waals surface area contributed by atoms with Gasteiger partial charge in [-0.15, -0.1) is 6.58 Å². The SMILES string of the molecule is C=CCc1ccc(OC)c(-c2cc(CCC)on2)c1. The van der Waals surface area contributed by atoms with Crippen molar-refractivity contribution < 1.29 is 9.26 Å². The monoisotopic (exact) mass is 257 g/mol. The van der Waals surface area contributed by atoms with Crippen LogP contribution in [0.2, 0.25) is 0 Å². The standard InChI is InChI=1S/C16H19NO2/c1-4-6-12-8-9-16(18-3)14(10-12)15-11-13(7-5-2)19-17-15/h4,8-11H,1,5-7H2,2-3H3. The smallest absolute Gasteiger partial charge is 0.137 e. The van der Waals surface area contributed by atoms with Gasteiger partial charge in [0.05, 0.1) is 7.11 Å². The minimum Gasteiger partial charge on any atom is -0.496 e. The maximum absolute atomic E-state index is 5.39. The van der Waals surface area contributed by atoms with Crippen LogP contribution < -0.4 is 4.74 Å². The minimum atomic E-state index is 0.809. The molecule has 0 unspecified atom stereocenters. The van der Waals surface area contributed by atoms with Gasteiger partial charge in [0, 0.05) is 18.1 Å². The molecule has 0 aliphatic rings. The van der Waals surface area contributed by atoms with Gasteiger partial charge in [-0.1, -0.05) is 24.2 Å². The lowest BCUT2D eigenvalue weighted by molar-refractivity contribution is 0.383. The van der Waals surface area contributed by atoms with E-state index in [1.807, 2.05) is 24.3 Å². The van der Waals surface area contributed by atoms with Gasteiger partial charge in [-0.25, -0.2) is 0 Å². The second kappa shape index (κ2) is 6.23. The normalized spacial score (nSPS) is 10.4. The van der Waals surface area contributed by atoms with E-state index in [-0.39, 0.29) is 0 Å². The van der Waals surface area contributed by atoms with Crippen molar-refractivity contribution in [1.82, 2.24) is 5.16 Å². The first-order valence-corrected chi connectivity index (χ1v) is 6.52. The molecule has 0 spiro atoms. The van der Waals surface area contributed by atoms with Gasteiger partial charge in [0.25, 0.3) is 0 Å². The van der Waals surface area contributed by atoms with E-state index in [9.17, 15) is 0 Å². The molecule has 100 valence electrons. The summed E-state index contributed by atoms with van der Waals surface area (Å²) in [5.74, 6) is 1.72. The number of aryl methyl sites for hydroxylation is 1. The van der Waals surface area contributed by atoms with E-state index >= 15 is 0 Å². The number of rotatable bonds is 6. The van der Waals surface area contributed by atoms with Crippen LogP contribution in [-0.2, 0) is 12.8 Å². The predicted octanol–water partition coefficient (Wildman–Crippen LogP) is 4.03. The van der Waals surface area contributed by atoms with E-state index in [0.29, 0.717) is 0 Å². The molecule has 0 N–H and O–H groups in total. The van der Waals surface area contributed by atoms with Gasteiger partial charge in [0.15, 0.2) is 0 Å². The number of aromatic nitrogens is 1. The Kier molecular flexibility index (Phi) is 4.39. The van der Waals surface area contributed by atoms with Crippen LogP contribution in [0.5, 0.6) is 5.75 Å². The fourth-order valence-corrected chi connectivity index (χ4v) is 2.05. The summed E-state index contributed by atoms with van der Waals surface area (Å²) in [5, 5.41) is 4.13. The summed E-state index contributed by atoms with van der Waals surface area (Å²) in [6.45, 7) is 5.88. The fraction of sp³-hybridized carbons (Fsp3) is 0.312.